The number of amides is 7. The van der Waals surface area contributed by atoms with Gasteiger partial charge >= 0.3 is 5.97 Å². The number of thiazole rings is 1. The summed E-state index contributed by atoms with van der Waals surface area (Å²) >= 11 is 6.71. The fraction of sp³-hybridized carbons (Fsp3) is 0.603. The molecule has 0 saturated carbocycles. The van der Waals surface area contributed by atoms with Gasteiger partial charge in [-0.1, -0.05) is 103 Å². The Balaban J connectivity index is 1.36. The van der Waals surface area contributed by atoms with Crippen LogP contribution >= 0.6 is 35.7 Å². The van der Waals surface area contributed by atoms with Crippen molar-refractivity contribution < 1.29 is 43.1 Å². The van der Waals surface area contributed by atoms with Gasteiger partial charge in [-0.25, -0.2) is 4.98 Å². The number of hydrogen-bond donors (Lipinski definition) is 4. The Morgan fingerprint density at radius 1 is 0.810 bits per heavy atom. The van der Waals surface area contributed by atoms with Gasteiger partial charge in [0.2, 0.25) is 35.4 Å². The Hall–Kier alpha value is -5.51. The van der Waals surface area contributed by atoms with Crippen LogP contribution < -0.4 is 16.0 Å². The minimum atomic E-state index is -1.13. The van der Waals surface area contributed by atoms with Gasteiger partial charge in [0.1, 0.15) is 34.9 Å². The van der Waals surface area contributed by atoms with E-state index in [2.05, 4.69) is 28.6 Å². The number of likely N-dealkylation sites (tertiary alicyclic amines) is 1. The maximum absolute atomic E-state index is 14.7. The van der Waals surface area contributed by atoms with Gasteiger partial charge in [-0.05, 0) is 74.1 Å². The van der Waals surface area contributed by atoms with E-state index in [1.807, 2.05) is 100 Å². The van der Waals surface area contributed by atoms with Gasteiger partial charge in [0, 0.05) is 88.5 Å². The molecule has 8 atom stereocenters. The molecule has 2 aromatic carbocycles. The zero-order valence-corrected chi connectivity index (χ0v) is 50.4. The highest BCUT2D eigenvalue weighted by molar-refractivity contribution is 7.99. The Kier molecular flexibility index (Phi) is 25.6. The predicted octanol–water partition coefficient (Wildman–Crippen LogP) is 6.12. The normalized spacial score (nSPS) is 17.6. The largest absolute Gasteiger partial charge is 0.455 e. The van der Waals surface area contributed by atoms with Crippen LogP contribution in [0.5, 0.6) is 0 Å². The lowest BCUT2D eigenvalue weighted by atomic mass is 9.92. The zero-order chi connectivity index (χ0) is 57.9. The van der Waals surface area contributed by atoms with Gasteiger partial charge in [-0.15, -0.1) is 23.1 Å². The van der Waals surface area contributed by atoms with Gasteiger partial charge in [-0.2, -0.15) is 12.6 Å². The number of carbonyl (C=O) groups is 8. The van der Waals surface area contributed by atoms with Crippen molar-refractivity contribution in [2.75, 3.05) is 65.4 Å². The molecule has 0 radical (unpaired) electrons. The van der Waals surface area contributed by atoms with Crippen LogP contribution in [0.3, 0.4) is 0 Å². The summed E-state index contributed by atoms with van der Waals surface area (Å²) in [5.41, 5.74) is 0.829. The van der Waals surface area contributed by atoms with Crippen molar-refractivity contribution in [2.24, 2.45) is 17.8 Å². The summed E-state index contributed by atoms with van der Waals surface area (Å²) in [5, 5.41) is 10.9. The smallest absolute Gasteiger partial charge is 0.303 e. The number of nitrogens with zero attached hydrogens (tertiary/aromatic N) is 6. The number of ether oxygens (including phenoxy) is 1. The van der Waals surface area contributed by atoms with Crippen LogP contribution in [0.1, 0.15) is 121 Å². The van der Waals surface area contributed by atoms with Crippen molar-refractivity contribution in [1.29, 1.82) is 0 Å². The lowest BCUT2D eigenvalue weighted by molar-refractivity contribution is -0.149. The molecule has 2 aliphatic rings. The number of piperidine rings is 1. The Morgan fingerprint density at radius 3 is 2.05 bits per heavy atom. The first-order chi connectivity index (χ1) is 37.6. The van der Waals surface area contributed by atoms with Gasteiger partial charge in [0.25, 0.3) is 5.91 Å². The topological polar surface area (TPSA) is 211 Å². The number of esters is 1. The molecule has 0 bridgehead atoms. The third-order valence-corrected chi connectivity index (χ3v) is 17.5. The highest BCUT2D eigenvalue weighted by Crippen LogP contribution is 2.32. The Morgan fingerprint density at radius 2 is 1.46 bits per heavy atom. The molecular formula is C58H85N9O9S3. The fourth-order valence-electron chi connectivity index (χ4n) is 10.0. The monoisotopic (exact) mass is 1150 g/mol. The summed E-state index contributed by atoms with van der Waals surface area (Å²) in [6.45, 7) is 14.9. The molecule has 79 heavy (non-hydrogen) atoms. The number of piperazine rings is 1. The first kappa shape index (κ1) is 64.3. The van der Waals surface area contributed by atoms with Gasteiger partial charge in [0.15, 0.2) is 6.10 Å². The van der Waals surface area contributed by atoms with Crippen LogP contribution in [-0.2, 0) is 44.7 Å². The van der Waals surface area contributed by atoms with E-state index in [1.165, 1.54) is 30.6 Å². The highest BCUT2D eigenvalue weighted by Gasteiger charge is 2.39. The lowest BCUT2D eigenvalue weighted by Gasteiger charge is -2.38. The third-order valence-electron chi connectivity index (χ3n) is 15.1. The summed E-state index contributed by atoms with van der Waals surface area (Å²) in [7, 11) is 5.13. The second-order valence-electron chi connectivity index (χ2n) is 21.6. The predicted molar refractivity (Wildman–Crippen MR) is 312 cm³/mol. The van der Waals surface area contributed by atoms with Crippen molar-refractivity contribution in [3.63, 3.8) is 0 Å². The molecule has 0 aliphatic carbocycles. The quantitative estimate of drug-likeness (QED) is 0.0387. The average molecular weight is 1150 g/mol. The molecule has 0 unspecified atom stereocenters. The molecule has 434 valence electrons. The number of benzene rings is 2. The molecule has 1 aromatic heterocycles. The first-order valence-corrected chi connectivity index (χ1v) is 30.3. The molecule has 3 aromatic rings. The molecule has 2 aliphatic heterocycles. The van der Waals surface area contributed by atoms with Gasteiger partial charge in [0.05, 0.1) is 6.04 Å². The van der Waals surface area contributed by atoms with Gasteiger partial charge in [-0.3, -0.25) is 43.3 Å². The van der Waals surface area contributed by atoms with E-state index in [4.69, 9.17) is 9.72 Å². The summed E-state index contributed by atoms with van der Waals surface area (Å²) in [6.07, 6.45) is 3.75. The number of thioether (sulfide) groups is 1. The number of rotatable bonds is 27. The average Bonchev–Trinajstić information content (AvgIpc) is 3.95. The van der Waals surface area contributed by atoms with Crippen LogP contribution in [0.2, 0.25) is 0 Å². The zero-order valence-electron chi connectivity index (χ0n) is 47.9. The molecule has 21 heteroatoms. The molecule has 5 rings (SSSR count). The third kappa shape index (κ3) is 18.5. The van der Waals surface area contributed by atoms with Crippen molar-refractivity contribution in [3.8, 4) is 0 Å². The minimum Gasteiger partial charge on any atom is -0.455 e. The second-order valence-corrected chi connectivity index (χ2v) is 24.0. The number of thiol groups is 1. The van der Waals surface area contributed by atoms with E-state index < -0.39 is 65.9 Å². The number of nitrogens with one attached hydrogen (secondary N) is 3. The molecule has 7 amide bonds. The Labute approximate surface area is 481 Å². The number of hydrogen-bond acceptors (Lipinski definition) is 14. The van der Waals surface area contributed by atoms with Crippen LogP contribution in [0.4, 0.5) is 0 Å². The summed E-state index contributed by atoms with van der Waals surface area (Å²) in [6, 6.07) is 13.9. The maximum atomic E-state index is 14.7. The molecule has 2 saturated heterocycles. The Bertz CT molecular complexity index is 2490. The summed E-state index contributed by atoms with van der Waals surface area (Å²) < 4.78 is 5.91. The highest BCUT2D eigenvalue weighted by atomic mass is 32.2. The van der Waals surface area contributed by atoms with E-state index in [1.54, 1.807) is 41.0 Å². The second kappa shape index (κ2) is 31.5. The van der Waals surface area contributed by atoms with E-state index in [9.17, 15) is 38.4 Å². The molecule has 3 N–H and O–H groups in total. The van der Waals surface area contributed by atoms with Crippen LogP contribution in [0.25, 0.3) is 0 Å². The van der Waals surface area contributed by atoms with E-state index in [-0.39, 0.29) is 65.8 Å². The minimum absolute atomic E-state index is 0.00296. The van der Waals surface area contributed by atoms with Crippen molar-refractivity contribution >= 4 is 83.0 Å². The molecule has 3 heterocycles. The summed E-state index contributed by atoms with van der Waals surface area (Å²) in [5.74, 6) is -3.09. The van der Waals surface area contributed by atoms with Crippen LogP contribution in [0, 0.1) is 17.8 Å². The number of carbonyl (C=O) groups excluding carboxylic acids is 8. The molecule has 0 spiro atoms. The molecular weight excluding hydrogens is 1060 g/mol. The standard InChI is InChI=1S/C58H85N9O9S3/c1-11-39(6)51(62-52(70)45-25-18-19-27-63(45)8)58(75)64(9)46(37(2)3)34-48(76-40(7)68)55-60-44(35-79-55)56(73)65(10)47(36-78-42-23-16-13-17-24-42)53(71)61-50(38(4)5)54(72)59-43(33-41-21-14-12-15-22-41)57(74)67-30-28-66(29-31-67)49(69)26-20-32-77/h12-17,21-24,35,37-39,43,45-48,50-51,77H,11,18-20,25-34,36H2,1-10H3,(H,59,72)(H,61,71)(H,62,70)/t39-,43-,45+,46+,47-,48+,50-,51-/m0/s1. The van der Waals surface area contributed by atoms with E-state index in [0.717, 1.165) is 41.2 Å². The summed E-state index contributed by atoms with van der Waals surface area (Å²) in [4.78, 5) is 126. The number of likely N-dealkylation sites (N-methyl/N-ethyl adjacent to an activating group) is 3. The van der Waals surface area contributed by atoms with Crippen LogP contribution in [-0.4, -0.2) is 178 Å². The molecule has 18 nitrogen and oxygen atoms in total. The van der Waals surface area contributed by atoms with E-state index in [0.29, 0.717) is 62.6 Å². The van der Waals surface area contributed by atoms with Crippen LogP contribution in [0.15, 0.2) is 70.9 Å². The van der Waals surface area contributed by atoms with Gasteiger partial charge < -0.3 is 40.3 Å². The fourth-order valence-corrected chi connectivity index (χ4v) is 12.1. The van der Waals surface area contributed by atoms with Crippen molar-refractivity contribution in [1.82, 2.24) is 45.4 Å². The first-order valence-electron chi connectivity index (χ1n) is 27.8. The van der Waals surface area contributed by atoms with Crippen molar-refractivity contribution in [2.45, 2.75) is 147 Å². The van der Waals surface area contributed by atoms with Crippen molar-refractivity contribution in [3.05, 3.63) is 82.3 Å². The SMILES string of the molecule is CC[C@H](C)[C@H](NC(=O)[C@H]1CCCCN1C)C(=O)N(C)[C@H](C[C@@H](OC(C)=O)c1nc(C(=O)N(C)[C@@H](CSc2ccccc2)C(=O)N[C@H](C(=O)N[C@@H](Cc2ccccc2)C(=O)N2CCN(C(=O)CCCS)CC2)C(C)C)cs1)C(C)C. The maximum Gasteiger partial charge on any atom is 0.303 e. The lowest BCUT2D eigenvalue weighted by Crippen LogP contribution is -2.60. The molecule has 2 fully saturated rings. The van der Waals surface area contributed by atoms with E-state index >= 15 is 0 Å². The number of aromatic nitrogens is 1.